The van der Waals surface area contributed by atoms with Gasteiger partial charge in [-0.1, -0.05) is 0 Å². The molecule has 7 heteroatoms. The van der Waals surface area contributed by atoms with Crippen LogP contribution in [0.4, 0.5) is 0 Å². The smallest absolute Gasteiger partial charge is 0.167 e. The van der Waals surface area contributed by atoms with Crippen LogP contribution in [0, 0.1) is 0 Å². The minimum atomic E-state index is 0.165. The Kier molecular flexibility index (Phi) is 7.47. The molecule has 0 amide bonds. The second-order valence-corrected chi connectivity index (χ2v) is 4.08. The normalized spacial score (nSPS) is 12.8. The molecule has 0 spiro atoms. The van der Waals surface area contributed by atoms with Gasteiger partial charge >= 0.3 is 0 Å². The van der Waals surface area contributed by atoms with Gasteiger partial charge in [0.1, 0.15) is 0 Å². The summed E-state index contributed by atoms with van der Waals surface area (Å²) in [5.74, 6) is 0.873. The van der Waals surface area contributed by atoms with E-state index in [4.69, 9.17) is 9.47 Å². The van der Waals surface area contributed by atoms with E-state index < -0.39 is 0 Å². The number of hydrogen-bond acceptors (Lipinski definition) is 6. The summed E-state index contributed by atoms with van der Waals surface area (Å²) in [5, 5.41) is 14.8. The minimum absolute atomic E-state index is 0.165. The molecule has 1 N–H and O–H groups in total. The molecule has 0 aliphatic carbocycles. The van der Waals surface area contributed by atoms with Crippen molar-refractivity contribution in [3.63, 3.8) is 0 Å². The van der Waals surface area contributed by atoms with Gasteiger partial charge < -0.3 is 14.8 Å². The largest absolute Gasteiger partial charge is 0.382 e. The second-order valence-electron chi connectivity index (χ2n) is 4.08. The van der Waals surface area contributed by atoms with Gasteiger partial charge in [-0.2, -0.15) is 0 Å². The number of nitrogens with zero attached hydrogens (tertiary/aromatic N) is 4. The van der Waals surface area contributed by atoms with E-state index in [0.717, 1.165) is 31.8 Å². The highest BCUT2D eigenvalue weighted by molar-refractivity contribution is 4.88. The number of nitrogens with one attached hydrogen (secondary N) is 1. The van der Waals surface area contributed by atoms with E-state index in [1.165, 1.54) is 0 Å². The van der Waals surface area contributed by atoms with Crippen LogP contribution in [0.15, 0.2) is 0 Å². The number of rotatable bonds is 10. The van der Waals surface area contributed by atoms with Crippen molar-refractivity contribution in [3.05, 3.63) is 5.82 Å². The maximum absolute atomic E-state index is 5.39. The molecule has 1 atom stereocenters. The molecule has 0 radical (unpaired) electrons. The average molecular weight is 257 g/mol. The van der Waals surface area contributed by atoms with Crippen molar-refractivity contribution in [2.45, 2.75) is 32.4 Å². The van der Waals surface area contributed by atoms with Crippen molar-refractivity contribution in [2.75, 3.05) is 34.0 Å². The van der Waals surface area contributed by atoms with Gasteiger partial charge in [0.15, 0.2) is 5.82 Å². The topological polar surface area (TPSA) is 74.1 Å². The van der Waals surface area contributed by atoms with Crippen molar-refractivity contribution in [3.8, 4) is 0 Å². The minimum Gasteiger partial charge on any atom is -0.382 e. The number of tetrazole rings is 1. The summed E-state index contributed by atoms with van der Waals surface area (Å²) < 4.78 is 12.1. The van der Waals surface area contributed by atoms with Crippen LogP contribution in [0.2, 0.25) is 0 Å². The van der Waals surface area contributed by atoms with Crippen LogP contribution >= 0.6 is 0 Å². The first kappa shape index (κ1) is 15.0. The first-order valence-corrected chi connectivity index (χ1v) is 6.29. The third kappa shape index (κ3) is 5.07. The molecule has 1 rings (SSSR count). The highest BCUT2D eigenvalue weighted by Crippen LogP contribution is 2.07. The van der Waals surface area contributed by atoms with Crippen LogP contribution in [0.3, 0.4) is 0 Å². The van der Waals surface area contributed by atoms with Gasteiger partial charge in [-0.15, -0.1) is 5.10 Å². The molecule has 1 aromatic heterocycles. The molecule has 1 heterocycles. The quantitative estimate of drug-likeness (QED) is 0.611. The van der Waals surface area contributed by atoms with E-state index in [1.54, 1.807) is 7.11 Å². The van der Waals surface area contributed by atoms with Gasteiger partial charge in [0.25, 0.3) is 0 Å². The highest BCUT2D eigenvalue weighted by atomic mass is 16.5. The molecule has 104 valence electrons. The van der Waals surface area contributed by atoms with Gasteiger partial charge in [0.05, 0.1) is 19.3 Å². The zero-order valence-electron chi connectivity index (χ0n) is 11.4. The van der Waals surface area contributed by atoms with E-state index in [2.05, 4.69) is 20.8 Å². The van der Waals surface area contributed by atoms with Crippen LogP contribution in [0.25, 0.3) is 0 Å². The Hall–Kier alpha value is -1.05. The Morgan fingerprint density at radius 2 is 2.11 bits per heavy atom. The fraction of sp³-hybridized carbons (Fsp3) is 0.909. The molecular weight excluding hydrogens is 234 g/mol. The van der Waals surface area contributed by atoms with E-state index in [-0.39, 0.29) is 6.04 Å². The lowest BCUT2D eigenvalue weighted by molar-refractivity contribution is 0.0683. The third-order valence-electron chi connectivity index (χ3n) is 2.72. The molecule has 0 aliphatic heterocycles. The molecule has 18 heavy (non-hydrogen) atoms. The summed E-state index contributed by atoms with van der Waals surface area (Å²) in [6.07, 6.45) is 2.00. The van der Waals surface area contributed by atoms with Crippen LogP contribution in [-0.4, -0.2) is 54.2 Å². The molecule has 0 aromatic carbocycles. The van der Waals surface area contributed by atoms with Crippen LogP contribution < -0.4 is 5.32 Å². The summed E-state index contributed by atoms with van der Waals surface area (Å²) in [4.78, 5) is 0. The van der Waals surface area contributed by atoms with Crippen molar-refractivity contribution in [1.82, 2.24) is 25.5 Å². The van der Waals surface area contributed by atoms with Crippen molar-refractivity contribution in [1.29, 1.82) is 0 Å². The summed E-state index contributed by atoms with van der Waals surface area (Å²) in [7, 11) is 3.57. The summed E-state index contributed by atoms with van der Waals surface area (Å²) in [6, 6.07) is 0.165. The Morgan fingerprint density at radius 3 is 2.83 bits per heavy atom. The third-order valence-corrected chi connectivity index (χ3v) is 2.72. The maximum atomic E-state index is 5.39. The number of hydrogen-bond donors (Lipinski definition) is 1. The number of aromatic nitrogens is 4. The van der Waals surface area contributed by atoms with E-state index in [9.17, 15) is 0 Å². The highest BCUT2D eigenvalue weighted by Gasteiger charge is 2.11. The zero-order chi connectivity index (χ0) is 13.2. The predicted molar refractivity (Wildman–Crippen MR) is 67.2 cm³/mol. The lowest BCUT2D eigenvalue weighted by Gasteiger charge is -2.10. The first-order valence-electron chi connectivity index (χ1n) is 6.29. The van der Waals surface area contributed by atoms with Crippen molar-refractivity contribution >= 4 is 0 Å². The number of unbranched alkanes of at least 4 members (excludes halogenated alkanes) is 1. The van der Waals surface area contributed by atoms with Gasteiger partial charge in [-0.25, -0.2) is 4.68 Å². The monoisotopic (exact) mass is 257 g/mol. The van der Waals surface area contributed by atoms with Crippen LogP contribution in [0.5, 0.6) is 0 Å². The van der Waals surface area contributed by atoms with Crippen molar-refractivity contribution < 1.29 is 9.47 Å². The summed E-state index contributed by atoms with van der Waals surface area (Å²) >= 11 is 0. The lowest BCUT2D eigenvalue weighted by Crippen LogP contribution is -2.18. The number of aryl methyl sites for hydroxylation is 1. The van der Waals surface area contributed by atoms with Crippen LogP contribution in [0.1, 0.15) is 31.6 Å². The standard InChI is InChI=1S/C11H23N5O2/c1-10(12-2)11-13-14-15-16(11)6-4-5-7-18-9-8-17-3/h10,12H,4-9H2,1-3H3. The summed E-state index contributed by atoms with van der Waals surface area (Å²) in [5.41, 5.74) is 0. The predicted octanol–water partition coefficient (Wildman–Crippen LogP) is 0.397. The van der Waals surface area contributed by atoms with Gasteiger partial charge in [-0.05, 0) is 37.2 Å². The fourth-order valence-electron chi connectivity index (χ4n) is 1.52. The fourth-order valence-corrected chi connectivity index (χ4v) is 1.52. The molecule has 0 fully saturated rings. The molecular formula is C11H23N5O2. The Bertz CT molecular complexity index is 318. The first-order chi connectivity index (χ1) is 8.79. The SMILES string of the molecule is CNC(C)c1nnnn1CCCCOCCOC. The molecule has 0 saturated heterocycles. The van der Waals surface area contributed by atoms with Crippen molar-refractivity contribution in [2.24, 2.45) is 0 Å². The molecule has 0 aliphatic rings. The molecule has 7 nitrogen and oxygen atoms in total. The van der Waals surface area contributed by atoms with Crippen LogP contribution in [-0.2, 0) is 16.0 Å². The van der Waals surface area contributed by atoms with Gasteiger partial charge in [-0.3, -0.25) is 0 Å². The lowest BCUT2D eigenvalue weighted by atomic mass is 10.3. The number of methoxy groups -OCH3 is 1. The Labute approximate surface area is 108 Å². The maximum Gasteiger partial charge on any atom is 0.167 e. The summed E-state index contributed by atoms with van der Waals surface area (Å²) in [6.45, 7) is 4.92. The van der Waals surface area contributed by atoms with E-state index in [0.29, 0.717) is 13.2 Å². The average Bonchev–Trinajstić information content (AvgIpc) is 2.85. The Balaban J connectivity index is 2.17. The van der Waals surface area contributed by atoms with E-state index in [1.807, 2.05) is 18.7 Å². The molecule has 0 bridgehead atoms. The number of ether oxygens (including phenoxy) is 2. The van der Waals surface area contributed by atoms with Gasteiger partial charge in [0, 0.05) is 20.3 Å². The molecule has 0 saturated carbocycles. The van der Waals surface area contributed by atoms with Gasteiger partial charge in [0.2, 0.25) is 0 Å². The molecule has 1 unspecified atom stereocenters. The zero-order valence-corrected chi connectivity index (χ0v) is 11.4. The molecule has 1 aromatic rings. The second kappa shape index (κ2) is 8.96. The van der Waals surface area contributed by atoms with E-state index >= 15 is 0 Å². The Morgan fingerprint density at radius 1 is 1.28 bits per heavy atom.